The Bertz CT molecular complexity index is 2000. The summed E-state index contributed by atoms with van der Waals surface area (Å²) < 4.78 is 81.1. The van der Waals surface area contributed by atoms with Gasteiger partial charge >= 0.3 is 0 Å². The van der Waals surface area contributed by atoms with Crippen LogP contribution in [0.5, 0.6) is 11.5 Å². The number of hydrogen-bond donors (Lipinski definition) is 0. The number of ketones is 1. The predicted octanol–water partition coefficient (Wildman–Crippen LogP) is 6.94. The third-order valence-corrected chi connectivity index (χ3v) is 11.0. The van der Waals surface area contributed by atoms with Crippen molar-refractivity contribution < 1.29 is 44.2 Å². The molecule has 47 heavy (non-hydrogen) atoms. The molecule has 4 aromatic rings. The van der Waals surface area contributed by atoms with Crippen molar-refractivity contribution in [3.05, 3.63) is 94.0 Å². The Labute approximate surface area is 282 Å². The minimum Gasteiger partial charge on any atom is -0.457 e. The van der Waals surface area contributed by atoms with E-state index >= 15 is 0 Å². The van der Waals surface area contributed by atoms with Gasteiger partial charge in [-0.25, -0.2) is 0 Å². The number of carbonyl (C=O) groups excluding carboxylic acids is 1. The van der Waals surface area contributed by atoms with Crippen molar-refractivity contribution in [2.24, 2.45) is 0 Å². The summed E-state index contributed by atoms with van der Waals surface area (Å²) in [5.74, 6) is 0.298. The van der Waals surface area contributed by atoms with E-state index in [-0.39, 0.29) is 62.7 Å². The van der Waals surface area contributed by atoms with Crippen molar-refractivity contribution in [2.75, 3.05) is 26.4 Å². The van der Waals surface area contributed by atoms with E-state index in [9.17, 15) is 21.6 Å². The van der Waals surface area contributed by atoms with Crippen LogP contribution in [0.25, 0.3) is 10.8 Å². The van der Waals surface area contributed by atoms with Gasteiger partial charge in [-0.15, -0.1) is 0 Å². The lowest BCUT2D eigenvalue weighted by molar-refractivity contribution is 0.0699. The Morgan fingerprint density at radius 1 is 0.745 bits per heavy atom. The van der Waals surface area contributed by atoms with Crippen LogP contribution in [0.4, 0.5) is 0 Å². The normalized spacial score (nSPS) is 18.5. The summed E-state index contributed by atoms with van der Waals surface area (Å²) in [5, 5.41) is 1.13. The van der Waals surface area contributed by atoms with E-state index in [1.54, 1.807) is 48.5 Å². The number of rotatable bonds is 12. The highest BCUT2D eigenvalue weighted by atomic mass is 35.5. The maximum atomic E-state index is 13.6. The van der Waals surface area contributed by atoms with Gasteiger partial charge in [0, 0.05) is 34.7 Å². The van der Waals surface area contributed by atoms with Gasteiger partial charge in [-0.05, 0) is 97.8 Å². The molecule has 0 N–H and O–H groups in total. The van der Waals surface area contributed by atoms with Crippen LogP contribution in [0.15, 0.2) is 82.6 Å². The fourth-order valence-electron chi connectivity index (χ4n) is 5.34. The summed E-state index contributed by atoms with van der Waals surface area (Å²) in [5.41, 5.74) is 0.615. The molecule has 0 bridgehead atoms. The molecule has 2 heterocycles. The summed E-state index contributed by atoms with van der Waals surface area (Å²) in [6, 6.07) is 17.9. The molecule has 0 amide bonds. The van der Waals surface area contributed by atoms with Crippen LogP contribution in [0.3, 0.4) is 0 Å². The molecule has 0 saturated carbocycles. The van der Waals surface area contributed by atoms with Crippen LogP contribution >= 0.6 is 23.2 Å². The van der Waals surface area contributed by atoms with Gasteiger partial charge in [0.15, 0.2) is 5.78 Å². The van der Waals surface area contributed by atoms with Crippen LogP contribution in [0.2, 0.25) is 10.0 Å². The summed E-state index contributed by atoms with van der Waals surface area (Å²) in [6.07, 6.45) is 2.17. The zero-order valence-corrected chi connectivity index (χ0v) is 28.0. The molecule has 4 aromatic carbocycles. The first-order valence-corrected chi connectivity index (χ1v) is 18.4. The van der Waals surface area contributed by atoms with E-state index in [0.717, 1.165) is 18.9 Å². The highest BCUT2D eigenvalue weighted by Crippen LogP contribution is 2.34. The van der Waals surface area contributed by atoms with Crippen LogP contribution in [0, 0.1) is 0 Å². The molecule has 2 unspecified atom stereocenters. The second-order valence-corrected chi connectivity index (χ2v) is 15.2. The van der Waals surface area contributed by atoms with Gasteiger partial charge in [-0.2, -0.15) is 16.8 Å². The van der Waals surface area contributed by atoms with Gasteiger partial charge in [0.05, 0.1) is 35.3 Å². The molecule has 248 valence electrons. The molecule has 0 aromatic heterocycles. The number of benzene rings is 4. The number of hydrogen-bond acceptors (Lipinski definition) is 10. The Kier molecular flexibility index (Phi) is 10.2. The SMILES string of the molecule is O=C(c1ccc(Oc2ccc3cc(S(=O)(=O)OCC4CCCO4)cc(S(=O)(=O)OCC4CCCO4)c3c2)cc1)c1cc(Cl)ccc1Cl. The molecule has 0 radical (unpaired) electrons. The van der Waals surface area contributed by atoms with E-state index in [4.69, 9.17) is 45.8 Å². The van der Waals surface area contributed by atoms with Crippen LogP contribution < -0.4 is 4.74 Å². The lowest BCUT2D eigenvalue weighted by Gasteiger charge is -2.15. The number of halogens is 2. The van der Waals surface area contributed by atoms with Crippen molar-refractivity contribution in [3.8, 4) is 11.5 Å². The molecule has 2 atom stereocenters. The molecule has 10 nitrogen and oxygen atoms in total. The van der Waals surface area contributed by atoms with E-state index in [1.165, 1.54) is 18.2 Å². The molecule has 6 rings (SSSR count). The van der Waals surface area contributed by atoms with Crippen molar-refractivity contribution in [1.82, 2.24) is 0 Å². The highest BCUT2D eigenvalue weighted by Gasteiger charge is 2.28. The molecular formula is C33H30Cl2O10S2. The number of carbonyl (C=O) groups is 1. The third kappa shape index (κ3) is 7.98. The minimum absolute atomic E-state index is 0.176. The minimum atomic E-state index is -4.46. The lowest BCUT2D eigenvalue weighted by atomic mass is 10.0. The molecule has 14 heteroatoms. The Balaban J connectivity index is 1.29. The average molecular weight is 722 g/mol. The first-order valence-electron chi connectivity index (χ1n) is 14.9. The summed E-state index contributed by atoms with van der Waals surface area (Å²) >= 11 is 12.2. The standard InChI is InChI=1S/C33H30Cl2O10S2/c34-23-8-12-31(35)30(16-23)33(36)21-5-9-24(10-6-21)45-25-11-7-22-15-28(46(37,38)43-19-26-3-1-13-41-26)18-32(29(22)17-25)47(39,40)44-20-27-4-2-14-42-27/h5-12,15-18,26-27H,1-4,13-14,19-20H2. The van der Waals surface area contributed by atoms with E-state index < -0.39 is 20.2 Å². The van der Waals surface area contributed by atoms with Crippen molar-refractivity contribution >= 4 is 60.0 Å². The zero-order chi connectivity index (χ0) is 33.2. The summed E-state index contributed by atoms with van der Waals surface area (Å²) in [7, 11) is -8.81. The van der Waals surface area contributed by atoms with Gasteiger partial charge in [-0.3, -0.25) is 13.2 Å². The highest BCUT2D eigenvalue weighted by molar-refractivity contribution is 7.87. The lowest BCUT2D eigenvalue weighted by Crippen LogP contribution is -2.20. The topological polar surface area (TPSA) is 132 Å². The predicted molar refractivity (Wildman–Crippen MR) is 175 cm³/mol. The quantitative estimate of drug-likeness (QED) is 0.112. The molecule has 0 spiro atoms. The van der Waals surface area contributed by atoms with Crippen molar-refractivity contribution in [2.45, 2.75) is 47.7 Å². The van der Waals surface area contributed by atoms with Gasteiger partial charge in [0.2, 0.25) is 0 Å². The van der Waals surface area contributed by atoms with Gasteiger partial charge in [0.25, 0.3) is 20.2 Å². The zero-order valence-electron chi connectivity index (χ0n) is 24.9. The monoisotopic (exact) mass is 720 g/mol. The average Bonchev–Trinajstić information content (AvgIpc) is 3.79. The van der Waals surface area contributed by atoms with E-state index in [2.05, 4.69) is 0 Å². The number of ether oxygens (including phenoxy) is 3. The van der Waals surface area contributed by atoms with Crippen LogP contribution in [0.1, 0.15) is 41.6 Å². The second-order valence-electron chi connectivity index (χ2n) is 11.1. The Morgan fingerprint density at radius 2 is 1.38 bits per heavy atom. The Hall–Kier alpha value is -3.07. The van der Waals surface area contributed by atoms with E-state index in [0.29, 0.717) is 47.8 Å². The molecular weight excluding hydrogens is 691 g/mol. The fraction of sp³-hybridized carbons (Fsp3) is 0.303. The first kappa shape index (κ1) is 33.8. The van der Waals surface area contributed by atoms with Gasteiger partial charge in [0.1, 0.15) is 16.4 Å². The summed E-state index contributed by atoms with van der Waals surface area (Å²) in [6.45, 7) is 0.648. The third-order valence-electron chi connectivity index (χ3n) is 7.81. The fourth-order valence-corrected chi connectivity index (χ4v) is 7.97. The molecule has 2 saturated heterocycles. The smallest absolute Gasteiger partial charge is 0.297 e. The molecule has 2 aliphatic heterocycles. The largest absolute Gasteiger partial charge is 0.457 e. The molecule has 2 aliphatic rings. The maximum Gasteiger partial charge on any atom is 0.297 e. The summed E-state index contributed by atoms with van der Waals surface area (Å²) in [4.78, 5) is 12.3. The Morgan fingerprint density at radius 3 is 2.02 bits per heavy atom. The van der Waals surface area contributed by atoms with Crippen LogP contribution in [-0.4, -0.2) is 61.3 Å². The maximum absolute atomic E-state index is 13.6. The van der Waals surface area contributed by atoms with Crippen molar-refractivity contribution in [3.63, 3.8) is 0 Å². The second kappa shape index (κ2) is 14.2. The van der Waals surface area contributed by atoms with E-state index in [1.807, 2.05) is 0 Å². The van der Waals surface area contributed by atoms with Crippen molar-refractivity contribution in [1.29, 1.82) is 0 Å². The first-order chi connectivity index (χ1) is 22.5. The number of fused-ring (bicyclic) bond motifs is 1. The molecule has 2 fully saturated rings. The van der Waals surface area contributed by atoms with Gasteiger partial charge < -0.3 is 14.2 Å². The van der Waals surface area contributed by atoms with Crippen LogP contribution in [-0.2, 0) is 38.1 Å². The molecule has 0 aliphatic carbocycles. The van der Waals surface area contributed by atoms with Gasteiger partial charge in [-0.1, -0.05) is 29.3 Å².